The molecule has 0 saturated heterocycles. The maximum Gasteiger partial charge on any atom is 0.453 e. The minimum Gasteiger partial charge on any atom is -0.497 e. The number of nitrogens with one attached hydrogen (secondary N) is 1. The summed E-state index contributed by atoms with van der Waals surface area (Å²) in [7, 11) is 1.39. The van der Waals surface area contributed by atoms with E-state index < -0.39 is 29.0 Å². The molecule has 1 atom stereocenters. The molecular formula is C18H18F3NO4. The Labute approximate surface area is 148 Å². The third-order valence-electron chi connectivity index (χ3n) is 4.52. The van der Waals surface area contributed by atoms with Crippen LogP contribution in [0.15, 0.2) is 35.6 Å². The summed E-state index contributed by atoms with van der Waals surface area (Å²) < 4.78 is 52.3. The van der Waals surface area contributed by atoms with Gasteiger partial charge in [0.25, 0.3) is 5.91 Å². The summed E-state index contributed by atoms with van der Waals surface area (Å²) in [6.07, 6.45) is -4.81. The molecule has 1 heterocycles. The van der Waals surface area contributed by atoms with Gasteiger partial charge < -0.3 is 14.8 Å². The number of ketones is 1. The fourth-order valence-corrected chi connectivity index (χ4v) is 3.29. The van der Waals surface area contributed by atoms with Gasteiger partial charge in [-0.05, 0) is 29.7 Å². The number of ether oxygens (including phenoxy) is 2. The highest BCUT2D eigenvalue weighted by Crippen LogP contribution is 2.48. The summed E-state index contributed by atoms with van der Waals surface area (Å²) in [5, 5.41) is 1.87. The molecule has 1 aliphatic heterocycles. The zero-order valence-electron chi connectivity index (χ0n) is 14.5. The summed E-state index contributed by atoms with van der Waals surface area (Å²) >= 11 is 0. The van der Waals surface area contributed by atoms with Crippen molar-refractivity contribution >= 4 is 11.7 Å². The van der Waals surface area contributed by atoms with Crippen LogP contribution in [-0.4, -0.2) is 25.0 Å². The number of carbonyl (C=O) groups excluding carboxylic acids is 2. The number of hydrogen-bond acceptors (Lipinski definition) is 4. The molecular weight excluding hydrogens is 351 g/mol. The van der Waals surface area contributed by atoms with Gasteiger partial charge in [-0.3, -0.25) is 9.59 Å². The molecule has 140 valence electrons. The van der Waals surface area contributed by atoms with E-state index in [1.165, 1.54) is 31.4 Å². The van der Waals surface area contributed by atoms with Gasteiger partial charge >= 0.3 is 11.9 Å². The van der Waals surface area contributed by atoms with Gasteiger partial charge in [-0.15, -0.1) is 0 Å². The highest BCUT2D eigenvalue weighted by atomic mass is 19.4. The lowest BCUT2D eigenvalue weighted by molar-refractivity contribution is -0.288. The first-order valence-corrected chi connectivity index (χ1v) is 7.98. The number of Topliss-reactive ketones (excluding diaryl/α,β-unsaturated/α-hetero) is 1. The van der Waals surface area contributed by atoms with Crippen LogP contribution in [0.3, 0.4) is 0 Å². The summed E-state index contributed by atoms with van der Waals surface area (Å²) in [5.41, 5.74) is -4.27. The highest BCUT2D eigenvalue weighted by molar-refractivity contribution is 6.20. The number of halogens is 3. The van der Waals surface area contributed by atoms with Crippen LogP contribution in [0.1, 0.15) is 32.3 Å². The van der Waals surface area contributed by atoms with E-state index in [4.69, 9.17) is 9.47 Å². The van der Waals surface area contributed by atoms with E-state index in [0.29, 0.717) is 5.75 Å². The summed E-state index contributed by atoms with van der Waals surface area (Å²) in [4.78, 5) is 24.7. The number of benzene rings is 1. The second kappa shape index (κ2) is 5.75. The lowest BCUT2D eigenvalue weighted by Crippen LogP contribution is -2.61. The van der Waals surface area contributed by atoms with Gasteiger partial charge in [0, 0.05) is 18.4 Å². The number of alkyl halides is 3. The minimum atomic E-state index is -4.94. The van der Waals surface area contributed by atoms with Crippen LogP contribution < -0.4 is 10.1 Å². The molecule has 1 amide bonds. The van der Waals surface area contributed by atoms with Crippen LogP contribution >= 0.6 is 0 Å². The highest BCUT2D eigenvalue weighted by Gasteiger charge is 2.63. The zero-order chi connectivity index (χ0) is 19.3. The molecule has 0 saturated carbocycles. The number of hydrogen-bond donors (Lipinski definition) is 1. The van der Waals surface area contributed by atoms with Crippen molar-refractivity contribution in [2.45, 2.75) is 38.6 Å². The van der Waals surface area contributed by atoms with Gasteiger partial charge in [-0.25, -0.2) is 0 Å². The Hall–Kier alpha value is -2.51. The van der Waals surface area contributed by atoms with E-state index in [1.54, 1.807) is 13.8 Å². The van der Waals surface area contributed by atoms with E-state index in [0.717, 1.165) is 0 Å². The minimum absolute atomic E-state index is 0.0650. The topological polar surface area (TPSA) is 64.6 Å². The standard InChI is InChI=1S/C18H18F3NO4/c1-16(2)8-12(23)14-13(9-16)26-17(18(19,20)21,22-15(14)24)10-4-6-11(25-3)7-5-10/h4-7H,8-9H2,1-3H3,(H,22,24). The van der Waals surface area contributed by atoms with Crippen molar-refractivity contribution in [3.63, 3.8) is 0 Å². The van der Waals surface area contributed by atoms with Crippen molar-refractivity contribution in [2.75, 3.05) is 7.11 Å². The monoisotopic (exact) mass is 369 g/mol. The summed E-state index contributed by atoms with van der Waals surface area (Å²) in [6, 6.07) is 5.04. The van der Waals surface area contributed by atoms with Gasteiger partial charge in [0.05, 0.1) is 7.11 Å². The Morgan fingerprint density at radius 2 is 1.73 bits per heavy atom. The first kappa shape index (κ1) is 18.3. The molecule has 0 fully saturated rings. The molecule has 26 heavy (non-hydrogen) atoms. The predicted octanol–water partition coefficient (Wildman–Crippen LogP) is 3.20. The fourth-order valence-electron chi connectivity index (χ4n) is 3.29. The van der Waals surface area contributed by atoms with Crippen molar-refractivity contribution < 1.29 is 32.2 Å². The van der Waals surface area contributed by atoms with Gasteiger partial charge in [-0.1, -0.05) is 13.8 Å². The van der Waals surface area contributed by atoms with Crippen LogP contribution in [0, 0.1) is 5.41 Å². The number of rotatable bonds is 2. The normalized spacial score (nSPS) is 25.3. The Balaban J connectivity index is 2.13. The molecule has 0 spiro atoms. The number of carbonyl (C=O) groups is 2. The van der Waals surface area contributed by atoms with E-state index in [-0.39, 0.29) is 29.7 Å². The lowest BCUT2D eigenvalue weighted by Gasteiger charge is -2.44. The molecule has 0 radical (unpaired) electrons. The van der Waals surface area contributed by atoms with Crippen LogP contribution in [0.5, 0.6) is 5.75 Å². The average molecular weight is 369 g/mol. The van der Waals surface area contributed by atoms with Gasteiger partial charge in [-0.2, -0.15) is 13.2 Å². The van der Waals surface area contributed by atoms with Crippen molar-refractivity contribution in [3.05, 3.63) is 41.2 Å². The first-order chi connectivity index (χ1) is 12.0. The van der Waals surface area contributed by atoms with E-state index in [2.05, 4.69) is 0 Å². The molecule has 8 heteroatoms. The van der Waals surface area contributed by atoms with Crippen LogP contribution in [0.2, 0.25) is 0 Å². The van der Waals surface area contributed by atoms with E-state index >= 15 is 0 Å². The Morgan fingerprint density at radius 3 is 2.27 bits per heavy atom. The van der Waals surface area contributed by atoms with E-state index in [1.807, 2.05) is 5.32 Å². The average Bonchev–Trinajstić information content (AvgIpc) is 2.51. The smallest absolute Gasteiger partial charge is 0.453 e. The molecule has 1 aromatic rings. The predicted molar refractivity (Wildman–Crippen MR) is 85.0 cm³/mol. The molecule has 0 bridgehead atoms. The fraction of sp³-hybridized carbons (Fsp3) is 0.444. The quantitative estimate of drug-likeness (QED) is 0.813. The van der Waals surface area contributed by atoms with E-state index in [9.17, 15) is 22.8 Å². The second-order valence-corrected chi connectivity index (χ2v) is 7.20. The maximum atomic E-state index is 14.0. The Bertz CT molecular complexity index is 796. The van der Waals surface area contributed by atoms with Crippen LogP contribution in [0.25, 0.3) is 0 Å². The van der Waals surface area contributed by atoms with Crippen molar-refractivity contribution in [3.8, 4) is 5.75 Å². The van der Waals surface area contributed by atoms with Crippen LogP contribution in [0.4, 0.5) is 13.2 Å². The number of methoxy groups -OCH3 is 1. The molecule has 1 aromatic carbocycles. The van der Waals surface area contributed by atoms with Crippen molar-refractivity contribution in [2.24, 2.45) is 5.41 Å². The number of allylic oxidation sites excluding steroid dienone is 1. The molecule has 1 aliphatic carbocycles. The lowest BCUT2D eigenvalue weighted by atomic mass is 9.75. The molecule has 1 unspecified atom stereocenters. The third kappa shape index (κ3) is 2.83. The zero-order valence-corrected chi connectivity index (χ0v) is 14.5. The van der Waals surface area contributed by atoms with Crippen molar-refractivity contribution in [1.82, 2.24) is 5.32 Å². The number of amides is 1. The van der Waals surface area contributed by atoms with Crippen molar-refractivity contribution in [1.29, 1.82) is 0 Å². The molecule has 0 aromatic heterocycles. The maximum absolute atomic E-state index is 14.0. The largest absolute Gasteiger partial charge is 0.497 e. The SMILES string of the molecule is COc1ccc(C2(C(F)(F)F)NC(=O)C3=C(CC(C)(C)CC3=O)O2)cc1. The van der Waals surface area contributed by atoms with Gasteiger partial charge in [0.1, 0.15) is 17.1 Å². The Morgan fingerprint density at radius 1 is 1.12 bits per heavy atom. The third-order valence-corrected chi connectivity index (χ3v) is 4.52. The summed E-state index contributed by atoms with van der Waals surface area (Å²) in [5.74, 6) is -1.44. The molecule has 3 rings (SSSR count). The molecule has 5 nitrogen and oxygen atoms in total. The first-order valence-electron chi connectivity index (χ1n) is 7.98. The molecule has 1 N–H and O–H groups in total. The second-order valence-electron chi connectivity index (χ2n) is 7.20. The Kier molecular flexibility index (Phi) is 4.05. The van der Waals surface area contributed by atoms with Gasteiger partial charge in [0.2, 0.25) is 0 Å². The van der Waals surface area contributed by atoms with Gasteiger partial charge in [0.15, 0.2) is 5.78 Å². The molecule has 2 aliphatic rings. The summed E-state index contributed by atoms with van der Waals surface area (Å²) in [6.45, 7) is 3.49. The van der Waals surface area contributed by atoms with Crippen LogP contribution in [-0.2, 0) is 20.1 Å².